The van der Waals surface area contributed by atoms with Crippen LogP contribution in [-0.4, -0.2) is 14.5 Å². The Labute approximate surface area is 111 Å². The highest BCUT2D eigenvalue weighted by Crippen LogP contribution is 2.19. The van der Waals surface area contributed by atoms with Crippen molar-refractivity contribution in [1.82, 2.24) is 14.5 Å². The van der Waals surface area contributed by atoms with Crippen LogP contribution in [0.15, 0.2) is 45.9 Å². The smallest absolute Gasteiger partial charge is 0.305 e. The van der Waals surface area contributed by atoms with Crippen molar-refractivity contribution in [3.63, 3.8) is 0 Å². The van der Waals surface area contributed by atoms with Gasteiger partial charge in [0.15, 0.2) is 0 Å². The van der Waals surface area contributed by atoms with E-state index in [2.05, 4.69) is 25.9 Å². The fourth-order valence-electron chi connectivity index (χ4n) is 2.04. The Hall–Kier alpha value is -1.88. The van der Waals surface area contributed by atoms with Gasteiger partial charge in [-0.2, -0.15) is 0 Å². The van der Waals surface area contributed by atoms with Crippen LogP contribution in [0.4, 0.5) is 0 Å². The van der Waals surface area contributed by atoms with Crippen molar-refractivity contribution in [2.45, 2.75) is 6.92 Å². The molecule has 90 valence electrons. The quantitative estimate of drug-likeness (QED) is 0.703. The van der Waals surface area contributed by atoms with Crippen LogP contribution in [-0.2, 0) is 0 Å². The molecule has 1 N–H and O–H groups in total. The highest BCUT2D eigenvalue weighted by atomic mass is 79.9. The molecule has 3 rings (SSSR count). The zero-order valence-electron chi connectivity index (χ0n) is 9.64. The zero-order chi connectivity index (χ0) is 12.7. The number of hydrogen-bond acceptors (Lipinski definition) is 2. The fraction of sp³-hybridized carbons (Fsp3) is 0.0769. The first-order valence-corrected chi connectivity index (χ1v) is 6.28. The Morgan fingerprint density at radius 1 is 1.33 bits per heavy atom. The third kappa shape index (κ3) is 1.67. The first-order chi connectivity index (χ1) is 8.66. The number of H-pyrrole nitrogens is 1. The number of para-hydroxylation sites is 2. The first-order valence-electron chi connectivity index (χ1n) is 5.49. The van der Waals surface area contributed by atoms with Gasteiger partial charge in [-0.15, -0.1) is 0 Å². The number of imidazole rings is 1. The monoisotopic (exact) mass is 303 g/mol. The fourth-order valence-corrected chi connectivity index (χ4v) is 2.49. The average molecular weight is 304 g/mol. The van der Waals surface area contributed by atoms with Crippen LogP contribution in [0.5, 0.6) is 0 Å². The Morgan fingerprint density at radius 2 is 2.11 bits per heavy atom. The number of nitrogens with one attached hydrogen (secondary N) is 1. The van der Waals surface area contributed by atoms with E-state index in [9.17, 15) is 4.79 Å². The van der Waals surface area contributed by atoms with Crippen LogP contribution in [0.3, 0.4) is 0 Å². The lowest BCUT2D eigenvalue weighted by Crippen LogP contribution is -2.15. The number of pyridine rings is 1. The predicted molar refractivity (Wildman–Crippen MR) is 74.1 cm³/mol. The van der Waals surface area contributed by atoms with Gasteiger partial charge < -0.3 is 4.98 Å². The molecule has 2 aromatic heterocycles. The maximum Gasteiger partial charge on any atom is 0.331 e. The summed E-state index contributed by atoms with van der Waals surface area (Å²) in [6, 6.07) is 9.50. The molecule has 0 amide bonds. The van der Waals surface area contributed by atoms with Crippen LogP contribution in [0, 0.1) is 6.92 Å². The van der Waals surface area contributed by atoms with Crippen LogP contribution >= 0.6 is 15.9 Å². The molecular weight excluding hydrogens is 294 g/mol. The Bertz CT molecular complexity index is 788. The number of benzene rings is 1. The van der Waals surface area contributed by atoms with Crippen LogP contribution in [0.25, 0.3) is 16.7 Å². The molecule has 1 aromatic carbocycles. The number of rotatable bonds is 1. The normalized spacial score (nSPS) is 11.0. The zero-order valence-corrected chi connectivity index (χ0v) is 11.2. The topological polar surface area (TPSA) is 50.7 Å². The number of aromatic nitrogens is 3. The minimum Gasteiger partial charge on any atom is -0.305 e. The van der Waals surface area contributed by atoms with Gasteiger partial charge in [0, 0.05) is 0 Å². The predicted octanol–water partition coefficient (Wildman–Crippen LogP) is 2.78. The molecule has 0 radical (unpaired) electrons. The molecule has 5 heteroatoms. The van der Waals surface area contributed by atoms with Gasteiger partial charge in [-0.3, -0.25) is 4.57 Å². The summed E-state index contributed by atoms with van der Waals surface area (Å²) >= 11 is 3.32. The molecule has 0 atom stereocenters. The summed E-state index contributed by atoms with van der Waals surface area (Å²) in [5.41, 5.74) is 3.31. The molecule has 0 saturated carbocycles. The summed E-state index contributed by atoms with van der Waals surface area (Å²) in [5, 5.41) is 0. The maximum absolute atomic E-state index is 12.0. The van der Waals surface area contributed by atoms with E-state index in [1.807, 2.05) is 37.3 Å². The number of nitrogens with zero attached hydrogens (tertiary/aromatic N) is 2. The van der Waals surface area contributed by atoms with E-state index in [-0.39, 0.29) is 5.69 Å². The molecule has 0 bridgehead atoms. The Balaban J connectivity index is 2.38. The molecule has 0 aliphatic rings. The minimum atomic E-state index is -0.150. The molecule has 0 saturated heterocycles. The van der Waals surface area contributed by atoms with E-state index in [0.717, 1.165) is 26.9 Å². The van der Waals surface area contributed by atoms with E-state index in [1.54, 1.807) is 10.8 Å². The Kier molecular flexibility index (Phi) is 2.56. The third-order valence-electron chi connectivity index (χ3n) is 2.88. The molecule has 3 aromatic rings. The maximum atomic E-state index is 12.0. The van der Waals surface area contributed by atoms with Gasteiger partial charge in [-0.25, -0.2) is 9.78 Å². The van der Waals surface area contributed by atoms with Crippen molar-refractivity contribution in [3.05, 3.63) is 57.2 Å². The lowest BCUT2D eigenvalue weighted by Gasteiger charge is -2.06. The molecule has 0 fully saturated rings. The van der Waals surface area contributed by atoms with Crippen LogP contribution < -0.4 is 5.69 Å². The van der Waals surface area contributed by atoms with E-state index in [4.69, 9.17) is 0 Å². The summed E-state index contributed by atoms with van der Waals surface area (Å²) in [5.74, 6) is 0. The van der Waals surface area contributed by atoms with Gasteiger partial charge in [0.2, 0.25) is 0 Å². The first kappa shape index (κ1) is 11.2. The SMILES string of the molecule is Cc1cc(Br)ncc1-n1c(=O)[nH]c2ccccc21. The molecule has 0 unspecified atom stereocenters. The lowest BCUT2D eigenvalue weighted by atomic mass is 10.2. The standard InChI is InChI=1S/C13H10BrN3O/c1-8-6-12(14)15-7-11(8)17-10-5-3-2-4-9(10)16-13(17)18/h2-7H,1H3,(H,16,18). The highest BCUT2D eigenvalue weighted by Gasteiger charge is 2.10. The van der Waals surface area contributed by atoms with Crippen LogP contribution in [0.2, 0.25) is 0 Å². The molecule has 0 spiro atoms. The number of halogens is 1. The summed E-state index contributed by atoms with van der Waals surface area (Å²) in [7, 11) is 0. The van der Waals surface area contributed by atoms with Gasteiger partial charge in [0.25, 0.3) is 0 Å². The van der Waals surface area contributed by atoms with Crippen LogP contribution in [0.1, 0.15) is 5.56 Å². The van der Waals surface area contributed by atoms with Crippen molar-refractivity contribution in [3.8, 4) is 5.69 Å². The number of aryl methyl sites for hydroxylation is 1. The average Bonchev–Trinajstić information content (AvgIpc) is 2.66. The van der Waals surface area contributed by atoms with E-state index in [0.29, 0.717) is 0 Å². The second-order valence-electron chi connectivity index (χ2n) is 4.08. The third-order valence-corrected chi connectivity index (χ3v) is 3.31. The number of hydrogen-bond donors (Lipinski definition) is 1. The highest BCUT2D eigenvalue weighted by molar-refractivity contribution is 9.10. The van der Waals surface area contributed by atoms with Gasteiger partial charge in [-0.05, 0) is 46.6 Å². The van der Waals surface area contributed by atoms with Gasteiger partial charge in [0.05, 0.1) is 22.9 Å². The molecule has 4 nitrogen and oxygen atoms in total. The van der Waals surface area contributed by atoms with Gasteiger partial charge in [-0.1, -0.05) is 12.1 Å². The van der Waals surface area contributed by atoms with Gasteiger partial charge in [0.1, 0.15) is 4.60 Å². The second-order valence-corrected chi connectivity index (χ2v) is 4.89. The summed E-state index contributed by atoms with van der Waals surface area (Å²) < 4.78 is 2.40. The molecule has 18 heavy (non-hydrogen) atoms. The van der Waals surface area contributed by atoms with E-state index in [1.165, 1.54) is 0 Å². The molecule has 2 heterocycles. The second kappa shape index (κ2) is 4.10. The number of aromatic amines is 1. The van der Waals surface area contributed by atoms with Crippen molar-refractivity contribution in [2.75, 3.05) is 0 Å². The largest absolute Gasteiger partial charge is 0.331 e. The molecule has 0 aliphatic heterocycles. The van der Waals surface area contributed by atoms with E-state index >= 15 is 0 Å². The summed E-state index contributed by atoms with van der Waals surface area (Å²) in [4.78, 5) is 19.1. The van der Waals surface area contributed by atoms with Crippen molar-refractivity contribution in [1.29, 1.82) is 0 Å². The Morgan fingerprint density at radius 3 is 2.89 bits per heavy atom. The summed E-state index contributed by atoms with van der Waals surface area (Å²) in [6.45, 7) is 1.95. The van der Waals surface area contributed by atoms with Crippen molar-refractivity contribution < 1.29 is 0 Å². The molecular formula is C13H10BrN3O. The minimum absolute atomic E-state index is 0.150. The lowest BCUT2D eigenvalue weighted by molar-refractivity contribution is 0.986. The summed E-state index contributed by atoms with van der Waals surface area (Å²) in [6.07, 6.45) is 1.70. The van der Waals surface area contributed by atoms with Crippen molar-refractivity contribution in [2.24, 2.45) is 0 Å². The van der Waals surface area contributed by atoms with Gasteiger partial charge >= 0.3 is 5.69 Å². The van der Waals surface area contributed by atoms with Crippen molar-refractivity contribution >= 4 is 27.0 Å². The number of fused-ring (bicyclic) bond motifs is 1. The van der Waals surface area contributed by atoms with E-state index < -0.39 is 0 Å². The molecule has 0 aliphatic carbocycles.